The summed E-state index contributed by atoms with van der Waals surface area (Å²) >= 11 is 0. The highest BCUT2D eigenvalue weighted by Crippen LogP contribution is 2.24. The Morgan fingerprint density at radius 3 is 2.30 bits per heavy atom. The minimum absolute atomic E-state index is 0.284. The number of unbranched alkanes of at least 4 members (excludes halogenated alkanes) is 7. The average molecular weight is 325 g/mol. The highest BCUT2D eigenvalue weighted by Gasteiger charge is 2.27. The number of aliphatic carboxylic acids is 1. The number of hydrogen-bond acceptors (Lipinski definition) is 2. The molecule has 23 heavy (non-hydrogen) atoms. The number of rotatable bonds is 13. The number of hydrogen-bond donors (Lipinski definition) is 1. The Morgan fingerprint density at radius 1 is 0.957 bits per heavy atom. The molecule has 0 unspecified atom stereocenters. The summed E-state index contributed by atoms with van der Waals surface area (Å²) in [6, 6.07) is 0.442. The maximum Gasteiger partial charge on any atom is 0.303 e. The number of carboxylic acids is 1. The molecule has 1 fully saturated rings. The standard InChI is InChI=1S/C19H35NO3/c1-2-3-4-5-9-14-18(21)20-16-11-13-17(20)12-8-6-7-10-15-19(22)23/h17H,2-16H2,1H3,(H,22,23)/t17-/m0/s1. The van der Waals surface area contributed by atoms with E-state index in [2.05, 4.69) is 11.8 Å². The Balaban J connectivity index is 2.12. The van der Waals surface area contributed by atoms with E-state index in [9.17, 15) is 9.59 Å². The van der Waals surface area contributed by atoms with Gasteiger partial charge in [0.1, 0.15) is 0 Å². The topological polar surface area (TPSA) is 57.6 Å². The highest BCUT2D eigenvalue weighted by molar-refractivity contribution is 5.76. The molecule has 0 aromatic heterocycles. The van der Waals surface area contributed by atoms with Crippen molar-refractivity contribution in [3.8, 4) is 0 Å². The Hall–Kier alpha value is -1.06. The summed E-state index contributed by atoms with van der Waals surface area (Å²) < 4.78 is 0. The maximum atomic E-state index is 12.4. The maximum absolute atomic E-state index is 12.4. The largest absolute Gasteiger partial charge is 0.481 e. The van der Waals surface area contributed by atoms with Gasteiger partial charge in [-0.3, -0.25) is 9.59 Å². The van der Waals surface area contributed by atoms with E-state index >= 15 is 0 Å². The molecule has 1 heterocycles. The zero-order chi connectivity index (χ0) is 16.9. The van der Waals surface area contributed by atoms with Crippen LogP contribution in [0, 0.1) is 0 Å². The molecule has 1 atom stereocenters. The van der Waals surface area contributed by atoms with E-state index in [1.807, 2.05) is 0 Å². The second kappa shape index (κ2) is 12.4. The molecule has 0 saturated carbocycles. The lowest BCUT2D eigenvalue weighted by molar-refractivity contribution is -0.137. The van der Waals surface area contributed by atoms with Crippen molar-refractivity contribution in [2.24, 2.45) is 0 Å². The lowest BCUT2D eigenvalue weighted by Crippen LogP contribution is -2.35. The van der Waals surface area contributed by atoms with E-state index in [0.29, 0.717) is 11.9 Å². The molecule has 4 heteroatoms. The van der Waals surface area contributed by atoms with Crippen LogP contribution in [-0.2, 0) is 9.59 Å². The smallest absolute Gasteiger partial charge is 0.303 e. The van der Waals surface area contributed by atoms with E-state index in [4.69, 9.17) is 5.11 Å². The van der Waals surface area contributed by atoms with Crippen LogP contribution in [0.15, 0.2) is 0 Å². The van der Waals surface area contributed by atoms with Gasteiger partial charge in [0, 0.05) is 25.4 Å². The lowest BCUT2D eigenvalue weighted by atomic mass is 10.0. The quantitative estimate of drug-likeness (QED) is 0.497. The molecule has 1 saturated heterocycles. The summed E-state index contributed by atoms with van der Waals surface area (Å²) in [5.41, 5.74) is 0. The van der Waals surface area contributed by atoms with Crippen molar-refractivity contribution < 1.29 is 14.7 Å². The van der Waals surface area contributed by atoms with E-state index in [1.54, 1.807) is 0 Å². The van der Waals surface area contributed by atoms with Gasteiger partial charge in [-0.15, -0.1) is 0 Å². The number of carboxylic acid groups (broad SMARTS) is 1. The van der Waals surface area contributed by atoms with Gasteiger partial charge >= 0.3 is 5.97 Å². The molecule has 0 radical (unpaired) electrons. The minimum atomic E-state index is -0.698. The molecule has 1 rings (SSSR count). The van der Waals surface area contributed by atoms with Crippen molar-refractivity contribution in [2.45, 2.75) is 103 Å². The summed E-state index contributed by atoms with van der Waals surface area (Å²) in [4.78, 5) is 24.9. The second-order valence-electron chi connectivity index (χ2n) is 6.89. The molecule has 1 N–H and O–H groups in total. The van der Waals surface area contributed by atoms with E-state index < -0.39 is 5.97 Å². The van der Waals surface area contributed by atoms with Gasteiger partial charge < -0.3 is 10.0 Å². The van der Waals surface area contributed by atoms with Crippen molar-refractivity contribution in [1.82, 2.24) is 4.90 Å². The molecule has 0 spiro atoms. The first kappa shape index (κ1) is 20.0. The van der Waals surface area contributed by atoms with Gasteiger partial charge in [-0.25, -0.2) is 0 Å². The first-order chi connectivity index (χ1) is 11.1. The van der Waals surface area contributed by atoms with Crippen molar-refractivity contribution in [3.63, 3.8) is 0 Å². The predicted octanol–water partition coefficient (Wildman–Crippen LogP) is 4.76. The van der Waals surface area contributed by atoms with E-state index in [1.165, 1.54) is 25.7 Å². The number of carbonyl (C=O) groups excluding carboxylic acids is 1. The molecule has 4 nitrogen and oxygen atoms in total. The Morgan fingerprint density at radius 2 is 1.61 bits per heavy atom. The fourth-order valence-electron chi connectivity index (χ4n) is 3.50. The second-order valence-corrected chi connectivity index (χ2v) is 6.89. The third-order valence-corrected chi connectivity index (χ3v) is 4.87. The number of carbonyl (C=O) groups is 2. The molecular formula is C19H35NO3. The van der Waals surface area contributed by atoms with Crippen molar-refractivity contribution in [3.05, 3.63) is 0 Å². The van der Waals surface area contributed by atoms with Crippen LogP contribution in [0.4, 0.5) is 0 Å². The third kappa shape index (κ3) is 8.97. The van der Waals surface area contributed by atoms with Gasteiger partial charge in [0.2, 0.25) is 5.91 Å². The number of amides is 1. The molecule has 1 amide bonds. The van der Waals surface area contributed by atoms with Gasteiger partial charge in [-0.1, -0.05) is 51.9 Å². The van der Waals surface area contributed by atoms with Crippen LogP contribution in [-0.4, -0.2) is 34.5 Å². The summed E-state index contributed by atoms with van der Waals surface area (Å²) in [6.45, 7) is 3.15. The Bertz CT molecular complexity index is 344. The first-order valence-corrected chi connectivity index (χ1v) is 9.66. The van der Waals surface area contributed by atoms with Crippen LogP contribution in [0.25, 0.3) is 0 Å². The van der Waals surface area contributed by atoms with E-state index in [0.717, 1.165) is 64.3 Å². The van der Waals surface area contributed by atoms with Crippen molar-refractivity contribution in [2.75, 3.05) is 6.54 Å². The average Bonchev–Trinajstić information content (AvgIpc) is 2.98. The fraction of sp³-hybridized carbons (Fsp3) is 0.895. The molecule has 0 aromatic rings. The van der Waals surface area contributed by atoms with Crippen LogP contribution in [0.2, 0.25) is 0 Å². The molecule has 1 aliphatic heterocycles. The normalized spacial score (nSPS) is 17.6. The van der Waals surface area contributed by atoms with Gasteiger partial charge in [-0.05, 0) is 32.1 Å². The third-order valence-electron chi connectivity index (χ3n) is 4.87. The predicted molar refractivity (Wildman–Crippen MR) is 93.4 cm³/mol. The van der Waals surface area contributed by atoms with Crippen LogP contribution in [0.1, 0.15) is 96.8 Å². The number of nitrogens with zero attached hydrogens (tertiary/aromatic N) is 1. The molecule has 0 aromatic carbocycles. The number of likely N-dealkylation sites (tertiary alicyclic amines) is 1. The van der Waals surface area contributed by atoms with Crippen molar-refractivity contribution >= 4 is 11.9 Å². The lowest BCUT2D eigenvalue weighted by Gasteiger charge is -2.25. The zero-order valence-corrected chi connectivity index (χ0v) is 14.9. The van der Waals surface area contributed by atoms with Crippen molar-refractivity contribution in [1.29, 1.82) is 0 Å². The highest BCUT2D eigenvalue weighted by atomic mass is 16.4. The first-order valence-electron chi connectivity index (χ1n) is 9.66. The monoisotopic (exact) mass is 325 g/mol. The zero-order valence-electron chi connectivity index (χ0n) is 14.9. The fourth-order valence-corrected chi connectivity index (χ4v) is 3.50. The summed E-state index contributed by atoms with van der Waals surface area (Å²) in [6.07, 6.45) is 14.4. The molecule has 1 aliphatic rings. The summed E-state index contributed by atoms with van der Waals surface area (Å²) in [7, 11) is 0. The van der Waals surface area contributed by atoms with Crippen LogP contribution >= 0.6 is 0 Å². The van der Waals surface area contributed by atoms with Gasteiger partial charge in [0.05, 0.1) is 0 Å². The van der Waals surface area contributed by atoms with Gasteiger partial charge in [-0.2, -0.15) is 0 Å². The summed E-state index contributed by atoms with van der Waals surface area (Å²) in [5.74, 6) is -0.341. The molecule has 134 valence electrons. The van der Waals surface area contributed by atoms with Gasteiger partial charge in [0.15, 0.2) is 0 Å². The molecular weight excluding hydrogens is 290 g/mol. The van der Waals surface area contributed by atoms with Crippen LogP contribution < -0.4 is 0 Å². The van der Waals surface area contributed by atoms with Gasteiger partial charge in [0.25, 0.3) is 0 Å². The minimum Gasteiger partial charge on any atom is -0.481 e. The SMILES string of the molecule is CCCCCCCC(=O)N1CCC[C@@H]1CCCCCCC(=O)O. The Labute approximate surface area is 141 Å². The Kier molecular flexibility index (Phi) is 10.8. The van der Waals surface area contributed by atoms with Crippen LogP contribution in [0.3, 0.4) is 0 Å². The molecule has 0 aliphatic carbocycles. The van der Waals surface area contributed by atoms with E-state index in [-0.39, 0.29) is 6.42 Å². The molecule has 0 bridgehead atoms. The van der Waals surface area contributed by atoms with Crippen LogP contribution in [0.5, 0.6) is 0 Å². The summed E-state index contributed by atoms with van der Waals surface area (Å²) in [5, 5.41) is 8.61.